The maximum absolute atomic E-state index is 13.3. The van der Waals surface area contributed by atoms with Crippen LogP contribution in [0.15, 0.2) is 24.3 Å². The number of benzene rings is 1. The van der Waals surface area contributed by atoms with Crippen molar-refractivity contribution in [2.75, 3.05) is 26.0 Å². The van der Waals surface area contributed by atoms with E-state index in [1.54, 1.807) is 27.7 Å². The number of hydrogen-bond acceptors (Lipinski definition) is 8. The van der Waals surface area contributed by atoms with Crippen LogP contribution in [0, 0.1) is 0 Å². The van der Waals surface area contributed by atoms with Crippen LogP contribution in [0.2, 0.25) is 0 Å². The number of thiol groups is 1. The van der Waals surface area contributed by atoms with Gasteiger partial charge in [0.25, 0.3) is 0 Å². The van der Waals surface area contributed by atoms with Gasteiger partial charge in [0.15, 0.2) is 0 Å². The highest BCUT2D eigenvalue weighted by molar-refractivity contribution is 7.80. The molecule has 0 radical (unpaired) electrons. The maximum atomic E-state index is 13.3. The fourth-order valence-electron chi connectivity index (χ4n) is 2.76. The summed E-state index contributed by atoms with van der Waals surface area (Å²) in [5, 5.41) is 14.5. The molecule has 2 atom stereocenters. The lowest BCUT2D eigenvalue weighted by Gasteiger charge is -2.33. The fourth-order valence-corrected chi connectivity index (χ4v) is 3.01. The first-order valence-corrected chi connectivity index (χ1v) is 10.6. The van der Waals surface area contributed by atoms with Crippen LogP contribution >= 0.6 is 12.6 Å². The van der Waals surface area contributed by atoms with Crippen molar-refractivity contribution in [1.29, 1.82) is 0 Å². The summed E-state index contributed by atoms with van der Waals surface area (Å²) in [7, 11) is 1.19. The molecule has 178 valence electrons. The Morgan fingerprint density at radius 3 is 2.22 bits per heavy atom. The monoisotopic (exact) mass is 469 g/mol. The van der Waals surface area contributed by atoms with E-state index in [1.807, 2.05) is 0 Å². The average Bonchev–Trinajstić information content (AvgIpc) is 2.72. The van der Waals surface area contributed by atoms with Crippen molar-refractivity contribution >= 4 is 36.5 Å². The molecule has 0 aliphatic rings. The van der Waals surface area contributed by atoms with Crippen molar-refractivity contribution in [3.63, 3.8) is 0 Å². The number of nitrogens with one attached hydrogen (secondary N) is 2. The first-order chi connectivity index (χ1) is 14.9. The molecule has 0 fully saturated rings. The highest BCUT2D eigenvalue weighted by Gasteiger charge is 2.35. The molecule has 1 rings (SSSR count). The van der Waals surface area contributed by atoms with Crippen LogP contribution in [0.1, 0.15) is 39.3 Å². The Bertz CT molecular complexity index is 809. The van der Waals surface area contributed by atoms with Gasteiger partial charge < -0.3 is 30.1 Å². The molecule has 0 aliphatic heterocycles. The molecule has 2 unspecified atom stereocenters. The predicted octanol–water partition coefficient (Wildman–Crippen LogP) is 1.39. The van der Waals surface area contributed by atoms with E-state index in [1.165, 1.54) is 36.3 Å². The third kappa shape index (κ3) is 8.29. The van der Waals surface area contributed by atoms with E-state index in [0.29, 0.717) is 5.56 Å². The normalized spacial score (nSPS) is 12.8. The molecule has 0 heterocycles. The van der Waals surface area contributed by atoms with Crippen LogP contribution in [0.4, 0.5) is 4.79 Å². The molecular formula is C21H31N3O7S. The van der Waals surface area contributed by atoms with Crippen molar-refractivity contribution in [2.45, 2.75) is 45.4 Å². The van der Waals surface area contributed by atoms with Gasteiger partial charge in [-0.1, -0.05) is 12.1 Å². The molecule has 1 aromatic carbocycles. The number of methoxy groups -OCH3 is 1. The number of hydrogen-bond donors (Lipinski definition) is 4. The van der Waals surface area contributed by atoms with Gasteiger partial charge in [-0.25, -0.2) is 4.79 Å². The lowest BCUT2D eigenvalue weighted by atomic mass is 10.0. The largest absolute Gasteiger partial charge is 0.508 e. The number of phenolic OH excluding ortho intramolecular Hbond substituents is 1. The summed E-state index contributed by atoms with van der Waals surface area (Å²) in [4.78, 5) is 51.1. The smallest absolute Gasteiger partial charge is 0.408 e. The predicted molar refractivity (Wildman–Crippen MR) is 120 cm³/mol. The fraction of sp³-hybridized carbons (Fsp3) is 0.524. The minimum absolute atomic E-state index is 0.0170. The van der Waals surface area contributed by atoms with Crippen molar-refractivity contribution in [2.24, 2.45) is 0 Å². The number of nitrogens with zero attached hydrogens (tertiary/aromatic N) is 1. The zero-order valence-corrected chi connectivity index (χ0v) is 19.8. The number of likely N-dealkylation sites (N-methyl/N-ethyl adjacent to an activating group) is 1. The number of carbonyl (C=O) groups is 4. The van der Waals surface area contributed by atoms with Crippen LogP contribution in [0.3, 0.4) is 0 Å². The quantitative estimate of drug-likeness (QED) is 0.317. The second-order valence-corrected chi connectivity index (χ2v) is 8.16. The molecule has 0 saturated carbocycles. The number of ether oxygens (including phenoxy) is 2. The topological polar surface area (TPSA) is 134 Å². The molecule has 1 aromatic rings. The summed E-state index contributed by atoms with van der Waals surface area (Å²) >= 11 is 4.16. The van der Waals surface area contributed by atoms with E-state index < -0.39 is 41.6 Å². The summed E-state index contributed by atoms with van der Waals surface area (Å²) in [6, 6.07) is 3.53. The number of esters is 1. The SMILES string of the molecule is CCN(C(=O)C(CS)NC(=O)OC(C)(C)C)C(C(=O)NCC(=O)OC)c1ccc(O)cc1. The van der Waals surface area contributed by atoms with Gasteiger partial charge >= 0.3 is 12.1 Å². The van der Waals surface area contributed by atoms with Crippen LogP contribution in [0.5, 0.6) is 5.75 Å². The lowest BCUT2D eigenvalue weighted by molar-refractivity contribution is -0.144. The second kappa shape index (κ2) is 12.2. The van der Waals surface area contributed by atoms with Crippen molar-refractivity contribution in [3.05, 3.63) is 29.8 Å². The van der Waals surface area contributed by atoms with Crippen molar-refractivity contribution in [3.8, 4) is 5.75 Å². The third-order valence-corrected chi connectivity index (χ3v) is 4.56. The molecule has 10 nitrogen and oxygen atoms in total. The van der Waals surface area contributed by atoms with E-state index in [0.717, 1.165) is 0 Å². The second-order valence-electron chi connectivity index (χ2n) is 7.79. The van der Waals surface area contributed by atoms with E-state index in [-0.39, 0.29) is 24.6 Å². The van der Waals surface area contributed by atoms with Gasteiger partial charge in [0.2, 0.25) is 11.8 Å². The van der Waals surface area contributed by atoms with Crippen LogP contribution in [-0.4, -0.2) is 71.5 Å². The molecule has 3 amide bonds. The van der Waals surface area contributed by atoms with Gasteiger partial charge in [0, 0.05) is 12.3 Å². The molecule has 3 N–H and O–H groups in total. The van der Waals surface area contributed by atoms with Gasteiger partial charge in [-0.15, -0.1) is 0 Å². The number of rotatable bonds is 9. The first-order valence-electron chi connectivity index (χ1n) is 9.97. The van der Waals surface area contributed by atoms with Crippen molar-refractivity contribution in [1.82, 2.24) is 15.5 Å². The summed E-state index contributed by atoms with van der Waals surface area (Å²) in [5.74, 6) is -1.92. The Morgan fingerprint density at radius 1 is 1.16 bits per heavy atom. The Morgan fingerprint density at radius 2 is 1.75 bits per heavy atom. The molecular weight excluding hydrogens is 438 g/mol. The van der Waals surface area contributed by atoms with E-state index >= 15 is 0 Å². The molecule has 11 heteroatoms. The highest BCUT2D eigenvalue weighted by atomic mass is 32.1. The number of phenols is 1. The molecule has 0 aliphatic carbocycles. The van der Waals surface area contributed by atoms with Gasteiger partial charge in [-0.05, 0) is 45.4 Å². The standard InChI is InChI=1S/C21H31N3O7S/c1-6-24(19(28)15(12-32)23-20(29)31-21(2,3)4)17(13-7-9-14(25)10-8-13)18(27)22-11-16(26)30-5/h7-10,15,17,25,32H,6,11-12H2,1-5H3,(H,22,27)(H,23,29). The summed E-state index contributed by atoms with van der Waals surface area (Å²) in [6.45, 7) is 6.46. The summed E-state index contributed by atoms with van der Waals surface area (Å²) in [5.41, 5.74) is -0.364. The Kier molecular flexibility index (Phi) is 10.3. The van der Waals surface area contributed by atoms with Gasteiger partial charge in [0.1, 0.15) is 30.0 Å². The third-order valence-electron chi connectivity index (χ3n) is 4.20. The molecule has 0 saturated heterocycles. The number of amides is 3. The zero-order chi connectivity index (χ0) is 24.5. The zero-order valence-electron chi connectivity index (χ0n) is 18.9. The minimum Gasteiger partial charge on any atom is -0.508 e. The van der Waals surface area contributed by atoms with Gasteiger partial charge in [0.05, 0.1) is 7.11 Å². The van der Waals surface area contributed by atoms with Gasteiger partial charge in [-0.2, -0.15) is 12.6 Å². The molecule has 32 heavy (non-hydrogen) atoms. The lowest BCUT2D eigenvalue weighted by Crippen LogP contribution is -2.54. The molecule has 0 spiro atoms. The van der Waals surface area contributed by atoms with E-state index in [4.69, 9.17) is 4.74 Å². The van der Waals surface area contributed by atoms with Gasteiger partial charge in [-0.3, -0.25) is 14.4 Å². The average molecular weight is 470 g/mol. The van der Waals surface area contributed by atoms with E-state index in [2.05, 4.69) is 28.0 Å². The van der Waals surface area contributed by atoms with Crippen LogP contribution < -0.4 is 10.6 Å². The van der Waals surface area contributed by atoms with Crippen LogP contribution in [0.25, 0.3) is 0 Å². The molecule has 0 aromatic heterocycles. The van der Waals surface area contributed by atoms with Crippen LogP contribution in [-0.2, 0) is 23.9 Å². The van der Waals surface area contributed by atoms with Crippen molar-refractivity contribution < 1.29 is 33.8 Å². The Labute approximate surface area is 193 Å². The Hall–Kier alpha value is -2.95. The highest BCUT2D eigenvalue weighted by Crippen LogP contribution is 2.24. The van der Waals surface area contributed by atoms with E-state index in [9.17, 15) is 24.3 Å². The number of aromatic hydroxyl groups is 1. The molecule has 0 bridgehead atoms. The minimum atomic E-state index is -1.14. The maximum Gasteiger partial charge on any atom is 0.408 e. The number of alkyl carbamates (subject to hydrolysis) is 1. The summed E-state index contributed by atoms with van der Waals surface area (Å²) in [6.07, 6.45) is -0.794. The first kappa shape index (κ1) is 27.1. The Balaban J connectivity index is 3.20. The summed E-state index contributed by atoms with van der Waals surface area (Å²) < 4.78 is 9.74. The number of carbonyl (C=O) groups excluding carboxylic acids is 4.